The van der Waals surface area contributed by atoms with Crippen LogP contribution in [0.1, 0.15) is 35.4 Å². The number of pyridine rings is 2. The number of nitriles is 1. The van der Waals surface area contributed by atoms with Crippen LogP contribution < -0.4 is 21.2 Å². The second-order valence-electron chi connectivity index (χ2n) is 9.58. The van der Waals surface area contributed by atoms with Crippen LogP contribution >= 0.6 is 0 Å². The molecule has 5 rings (SSSR count). The van der Waals surface area contributed by atoms with Gasteiger partial charge in [0.15, 0.2) is 11.6 Å². The van der Waals surface area contributed by atoms with Gasteiger partial charge < -0.3 is 25.1 Å². The fourth-order valence-electron chi connectivity index (χ4n) is 4.99. The highest BCUT2D eigenvalue weighted by molar-refractivity contribution is 6.01. The second kappa shape index (κ2) is 9.54. The average molecular weight is 571 g/mol. The van der Waals surface area contributed by atoms with Crippen molar-refractivity contribution in [1.82, 2.24) is 9.55 Å². The molecule has 212 valence electrons. The average Bonchev–Trinajstić information content (AvgIpc) is 3.36. The highest BCUT2D eigenvalue weighted by Crippen LogP contribution is 2.46. The van der Waals surface area contributed by atoms with Gasteiger partial charge in [-0.15, -0.1) is 0 Å². The molecule has 0 bridgehead atoms. The second-order valence-corrected chi connectivity index (χ2v) is 9.58. The molecule has 1 saturated heterocycles. The van der Waals surface area contributed by atoms with Gasteiger partial charge in [0.05, 0.1) is 28.8 Å². The SMILES string of the molecule is N#Cc1cn2c3c(c(NCCCc4cc(C(F)(F)F)cc(C(F)(F)F)n4)c(F)c(N)c3c1=O)OCC21CCOC1. The Kier molecular flexibility index (Phi) is 6.56. The molecule has 3 aromatic rings. The van der Waals surface area contributed by atoms with E-state index in [2.05, 4.69) is 10.3 Å². The summed E-state index contributed by atoms with van der Waals surface area (Å²) >= 11 is 0. The molecular weight excluding hydrogens is 551 g/mol. The summed E-state index contributed by atoms with van der Waals surface area (Å²) in [7, 11) is 0. The molecule has 8 nitrogen and oxygen atoms in total. The van der Waals surface area contributed by atoms with Crippen molar-refractivity contribution in [2.45, 2.75) is 37.2 Å². The van der Waals surface area contributed by atoms with Crippen LogP contribution in [0.4, 0.5) is 42.1 Å². The van der Waals surface area contributed by atoms with Crippen molar-refractivity contribution in [2.75, 3.05) is 37.4 Å². The number of halogens is 7. The lowest BCUT2D eigenvalue weighted by atomic mass is 9.94. The van der Waals surface area contributed by atoms with E-state index in [0.717, 1.165) is 0 Å². The number of nitrogens with zero attached hydrogens (tertiary/aromatic N) is 3. The Morgan fingerprint density at radius 2 is 1.93 bits per heavy atom. The molecule has 1 aromatic carbocycles. The molecule has 0 aliphatic carbocycles. The molecule has 15 heteroatoms. The molecule has 3 N–H and O–H groups in total. The van der Waals surface area contributed by atoms with Gasteiger partial charge in [0.25, 0.3) is 0 Å². The number of ether oxygens (including phenoxy) is 2. The molecule has 40 heavy (non-hydrogen) atoms. The summed E-state index contributed by atoms with van der Waals surface area (Å²) in [5.41, 5.74) is -0.000729. The number of benzene rings is 1. The number of nitrogens with one attached hydrogen (secondary N) is 1. The van der Waals surface area contributed by atoms with E-state index in [0.29, 0.717) is 19.1 Å². The van der Waals surface area contributed by atoms with Gasteiger partial charge in [-0.2, -0.15) is 31.6 Å². The van der Waals surface area contributed by atoms with Gasteiger partial charge in [0, 0.05) is 25.0 Å². The van der Waals surface area contributed by atoms with Gasteiger partial charge in [0.2, 0.25) is 5.43 Å². The highest BCUT2D eigenvalue weighted by atomic mass is 19.4. The Bertz CT molecular complexity index is 1570. The van der Waals surface area contributed by atoms with Gasteiger partial charge in [-0.1, -0.05) is 0 Å². The molecule has 2 aliphatic rings. The fraction of sp³-hybridized carbons (Fsp3) is 0.400. The van der Waals surface area contributed by atoms with Crippen molar-refractivity contribution < 1.29 is 40.2 Å². The molecule has 1 spiro atoms. The van der Waals surface area contributed by atoms with E-state index >= 15 is 4.39 Å². The quantitative estimate of drug-likeness (QED) is 0.262. The Balaban J connectivity index is 1.48. The van der Waals surface area contributed by atoms with Gasteiger partial charge in [-0.3, -0.25) is 4.79 Å². The summed E-state index contributed by atoms with van der Waals surface area (Å²) in [5.74, 6) is -1.10. The summed E-state index contributed by atoms with van der Waals surface area (Å²) in [6, 6.07) is 2.28. The topological polar surface area (TPSA) is 115 Å². The van der Waals surface area contributed by atoms with Crippen molar-refractivity contribution in [3.63, 3.8) is 0 Å². The first-order valence-electron chi connectivity index (χ1n) is 12.0. The first kappa shape index (κ1) is 27.5. The largest absolute Gasteiger partial charge is 0.487 e. The fourth-order valence-corrected chi connectivity index (χ4v) is 4.99. The normalized spacial score (nSPS) is 18.6. The van der Waals surface area contributed by atoms with Crippen LogP contribution in [0.3, 0.4) is 0 Å². The molecule has 1 atom stereocenters. The first-order valence-corrected chi connectivity index (χ1v) is 12.0. The number of aromatic nitrogens is 2. The number of alkyl halides is 6. The van der Waals surface area contributed by atoms with E-state index in [9.17, 15) is 36.4 Å². The molecule has 2 aliphatic heterocycles. The lowest BCUT2D eigenvalue weighted by molar-refractivity contribution is -0.145. The maximum Gasteiger partial charge on any atom is 0.433 e. The van der Waals surface area contributed by atoms with Crippen LogP contribution in [0.15, 0.2) is 23.1 Å². The third kappa shape index (κ3) is 4.55. The number of nitrogen functional groups attached to an aromatic ring is 1. The minimum absolute atomic E-state index is 0.0231. The smallest absolute Gasteiger partial charge is 0.433 e. The number of aryl methyl sites for hydroxylation is 1. The predicted octanol–water partition coefficient (Wildman–Crippen LogP) is 4.58. The zero-order valence-corrected chi connectivity index (χ0v) is 20.5. The zero-order valence-electron chi connectivity index (χ0n) is 20.5. The summed E-state index contributed by atoms with van der Waals surface area (Å²) in [4.78, 5) is 16.3. The Morgan fingerprint density at radius 1 is 1.18 bits per heavy atom. The third-order valence-corrected chi connectivity index (χ3v) is 6.98. The number of rotatable bonds is 5. The van der Waals surface area contributed by atoms with Crippen molar-refractivity contribution >= 4 is 22.3 Å². The third-order valence-electron chi connectivity index (χ3n) is 6.98. The van der Waals surface area contributed by atoms with Crippen LogP contribution in [-0.2, 0) is 29.0 Å². The molecule has 2 aromatic heterocycles. The van der Waals surface area contributed by atoms with Crippen molar-refractivity contribution in [3.8, 4) is 11.8 Å². The summed E-state index contributed by atoms with van der Waals surface area (Å²) in [6.45, 7) is 0.496. The zero-order chi connectivity index (χ0) is 29.0. The molecule has 1 unspecified atom stereocenters. The standard InChI is InChI=1S/C25H20F7N5O3/c26-17-18(34)16-20-22(40-11-23(3-5-39-10-23)37(20)9-12(8-33)21(16)38)19(17)35-4-1-2-14-6-13(24(27,28)29)7-15(36-14)25(30,31)32/h6-7,9,35H,1-5,10-11,34H2. The van der Waals surface area contributed by atoms with Crippen LogP contribution in [0, 0.1) is 17.1 Å². The number of anilines is 2. The predicted molar refractivity (Wildman–Crippen MR) is 127 cm³/mol. The van der Waals surface area contributed by atoms with E-state index in [1.165, 1.54) is 6.20 Å². The van der Waals surface area contributed by atoms with Crippen LogP contribution in [0.25, 0.3) is 10.9 Å². The summed E-state index contributed by atoms with van der Waals surface area (Å²) in [5, 5.41) is 12.0. The molecule has 0 amide bonds. The maximum absolute atomic E-state index is 15.5. The van der Waals surface area contributed by atoms with Crippen molar-refractivity contribution in [1.29, 1.82) is 5.26 Å². The van der Waals surface area contributed by atoms with E-state index in [-0.39, 0.29) is 66.6 Å². The van der Waals surface area contributed by atoms with Crippen molar-refractivity contribution in [2.24, 2.45) is 0 Å². The van der Waals surface area contributed by atoms with E-state index in [4.69, 9.17) is 15.2 Å². The number of fused-ring (bicyclic) bond motifs is 1. The Morgan fingerprint density at radius 3 is 2.55 bits per heavy atom. The minimum atomic E-state index is -5.08. The Hall–Kier alpha value is -4.06. The first-order chi connectivity index (χ1) is 18.8. The highest BCUT2D eigenvalue weighted by Gasteiger charge is 2.44. The van der Waals surface area contributed by atoms with Gasteiger partial charge >= 0.3 is 12.4 Å². The molecule has 4 heterocycles. The van der Waals surface area contributed by atoms with Crippen LogP contribution in [0.2, 0.25) is 0 Å². The van der Waals surface area contributed by atoms with E-state index < -0.39 is 51.8 Å². The molecule has 0 radical (unpaired) electrons. The van der Waals surface area contributed by atoms with Crippen LogP contribution in [0.5, 0.6) is 5.75 Å². The minimum Gasteiger partial charge on any atom is -0.487 e. The monoisotopic (exact) mass is 571 g/mol. The lowest BCUT2D eigenvalue weighted by Gasteiger charge is -2.37. The Labute approximate surface area is 221 Å². The number of nitrogens with two attached hydrogens (primary N) is 1. The summed E-state index contributed by atoms with van der Waals surface area (Å²) < 4.78 is 107. The van der Waals surface area contributed by atoms with E-state index in [1.807, 2.05) is 0 Å². The van der Waals surface area contributed by atoms with Crippen LogP contribution in [-0.4, -0.2) is 35.9 Å². The number of hydrogen-bond acceptors (Lipinski definition) is 7. The van der Waals surface area contributed by atoms with Gasteiger partial charge in [0.1, 0.15) is 35.2 Å². The van der Waals surface area contributed by atoms with Gasteiger partial charge in [-0.05, 0) is 31.4 Å². The molecule has 0 saturated carbocycles. The summed E-state index contributed by atoms with van der Waals surface area (Å²) in [6.07, 6.45) is -8.59. The number of hydrogen-bond donors (Lipinski definition) is 2. The molecular formula is C25H20F7N5O3. The van der Waals surface area contributed by atoms with E-state index in [1.54, 1.807) is 10.6 Å². The van der Waals surface area contributed by atoms with Gasteiger partial charge in [-0.25, -0.2) is 9.37 Å². The maximum atomic E-state index is 15.5. The molecule has 1 fully saturated rings. The lowest BCUT2D eigenvalue weighted by Crippen LogP contribution is -2.44. The van der Waals surface area contributed by atoms with Crippen molar-refractivity contribution in [3.05, 3.63) is 56.9 Å².